The van der Waals surface area contributed by atoms with Crippen LogP contribution < -0.4 is 10.5 Å². The number of carbonyl (C=O) groups is 1. The Balaban J connectivity index is 2.27. The van der Waals surface area contributed by atoms with Gasteiger partial charge < -0.3 is 10.5 Å². The molecule has 0 aliphatic rings. The summed E-state index contributed by atoms with van der Waals surface area (Å²) in [5.74, 6) is 0.670. The fourth-order valence-electron chi connectivity index (χ4n) is 2.01. The molecule has 0 aliphatic heterocycles. The molecule has 0 heterocycles. The molecule has 104 valence electrons. The van der Waals surface area contributed by atoms with Crippen LogP contribution >= 0.6 is 11.6 Å². The summed E-state index contributed by atoms with van der Waals surface area (Å²) in [6.45, 7) is 1.88. The number of anilines is 1. The van der Waals surface area contributed by atoms with Gasteiger partial charge in [0.1, 0.15) is 5.75 Å². The zero-order valence-electron chi connectivity index (χ0n) is 11.4. The van der Waals surface area contributed by atoms with Crippen LogP contribution in [-0.2, 0) is 6.42 Å². The highest BCUT2D eigenvalue weighted by molar-refractivity contribution is 6.30. The van der Waals surface area contributed by atoms with Crippen LogP contribution in [0.15, 0.2) is 36.4 Å². The van der Waals surface area contributed by atoms with E-state index in [1.165, 1.54) is 0 Å². The van der Waals surface area contributed by atoms with Crippen LogP contribution in [0.4, 0.5) is 5.69 Å². The van der Waals surface area contributed by atoms with Crippen LogP contribution in [0, 0.1) is 6.92 Å². The van der Waals surface area contributed by atoms with Gasteiger partial charge in [-0.05, 0) is 48.9 Å². The van der Waals surface area contributed by atoms with Gasteiger partial charge in [0.05, 0.1) is 7.11 Å². The van der Waals surface area contributed by atoms with Crippen molar-refractivity contribution in [2.75, 3.05) is 12.8 Å². The number of nitrogen functional groups attached to an aromatic ring is 1. The lowest BCUT2D eigenvalue weighted by Crippen LogP contribution is -2.06. The number of methoxy groups -OCH3 is 1. The lowest BCUT2D eigenvalue weighted by atomic mass is 10.0. The Morgan fingerprint density at radius 2 is 2.00 bits per heavy atom. The molecule has 0 unspecified atom stereocenters. The van der Waals surface area contributed by atoms with Gasteiger partial charge in [-0.3, -0.25) is 4.79 Å². The number of nitrogens with two attached hydrogens (primary N) is 1. The number of Topliss-reactive ketones (excluding diaryl/α,β-unsaturated/α-hetero) is 1. The Kier molecular flexibility index (Phi) is 4.30. The van der Waals surface area contributed by atoms with Crippen molar-refractivity contribution in [1.82, 2.24) is 0 Å². The van der Waals surface area contributed by atoms with Crippen LogP contribution in [0.5, 0.6) is 5.75 Å². The SMILES string of the molecule is COc1ccc(Cl)cc1CC(=O)c1ccc(N)c(C)c1. The minimum atomic E-state index is 0.00802. The molecule has 2 N–H and O–H groups in total. The van der Waals surface area contributed by atoms with Crippen molar-refractivity contribution in [2.45, 2.75) is 13.3 Å². The fraction of sp³-hybridized carbons (Fsp3) is 0.188. The molecule has 2 rings (SSSR count). The van der Waals surface area contributed by atoms with Crippen molar-refractivity contribution >= 4 is 23.1 Å². The predicted octanol–water partition coefficient (Wildman–Crippen LogP) is 3.66. The number of hydrogen-bond donors (Lipinski definition) is 1. The van der Waals surface area contributed by atoms with Crippen molar-refractivity contribution in [3.05, 3.63) is 58.1 Å². The third-order valence-electron chi connectivity index (χ3n) is 3.19. The minimum Gasteiger partial charge on any atom is -0.496 e. The van der Waals surface area contributed by atoms with Crippen molar-refractivity contribution in [1.29, 1.82) is 0 Å². The molecule has 0 aliphatic carbocycles. The largest absolute Gasteiger partial charge is 0.496 e. The molecule has 0 saturated heterocycles. The van der Waals surface area contributed by atoms with Gasteiger partial charge in [-0.25, -0.2) is 0 Å². The molecular weight excluding hydrogens is 274 g/mol. The number of benzene rings is 2. The number of ether oxygens (including phenoxy) is 1. The summed E-state index contributed by atoms with van der Waals surface area (Å²) in [4.78, 5) is 12.3. The summed E-state index contributed by atoms with van der Waals surface area (Å²) in [6.07, 6.45) is 0.243. The number of carbonyl (C=O) groups excluding carboxylic acids is 1. The van der Waals surface area contributed by atoms with Gasteiger partial charge in [0.15, 0.2) is 5.78 Å². The van der Waals surface area contributed by atoms with Crippen LogP contribution in [-0.4, -0.2) is 12.9 Å². The quantitative estimate of drug-likeness (QED) is 0.690. The molecule has 0 saturated carbocycles. The van der Waals surface area contributed by atoms with E-state index in [0.717, 1.165) is 11.1 Å². The van der Waals surface area contributed by atoms with Gasteiger partial charge in [-0.15, -0.1) is 0 Å². The van der Waals surface area contributed by atoms with Gasteiger partial charge in [0, 0.05) is 28.3 Å². The van der Waals surface area contributed by atoms with Crippen LogP contribution in [0.3, 0.4) is 0 Å². The molecule has 0 atom stereocenters. The van der Waals surface area contributed by atoms with Gasteiger partial charge in [-0.2, -0.15) is 0 Å². The highest BCUT2D eigenvalue weighted by Crippen LogP contribution is 2.24. The summed E-state index contributed by atoms with van der Waals surface area (Å²) in [5, 5.41) is 0.585. The Morgan fingerprint density at radius 1 is 1.25 bits per heavy atom. The highest BCUT2D eigenvalue weighted by Gasteiger charge is 2.12. The molecule has 20 heavy (non-hydrogen) atoms. The van der Waals surface area contributed by atoms with Crippen molar-refractivity contribution in [3.8, 4) is 5.75 Å². The zero-order valence-corrected chi connectivity index (χ0v) is 12.2. The average Bonchev–Trinajstić information content (AvgIpc) is 2.42. The molecule has 0 spiro atoms. The summed E-state index contributed by atoms with van der Waals surface area (Å²) in [7, 11) is 1.57. The van der Waals surface area contributed by atoms with E-state index in [2.05, 4.69) is 0 Å². The first-order valence-electron chi connectivity index (χ1n) is 6.23. The summed E-state index contributed by atoms with van der Waals surface area (Å²) in [6, 6.07) is 10.5. The Bertz CT molecular complexity index is 653. The van der Waals surface area contributed by atoms with Crippen LogP contribution in [0.2, 0.25) is 5.02 Å². The third-order valence-corrected chi connectivity index (χ3v) is 3.42. The molecule has 3 nitrogen and oxygen atoms in total. The van der Waals surface area contributed by atoms with E-state index >= 15 is 0 Å². The number of aryl methyl sites for hydroxylation is 1. The van der Waals surface area contributed by atoms with Crippen molar-refractivity contribution in [2.24, 2.45) is 0 Å². The van der Waals surface area contributed by atoms with E-state index < -0.39 is 0 Å². The molecule has 0 aromatic heterocycles. The van der Waals surface area contributed by atoms with Crippen molar-refractivity contribution < 1.29 is 9.53 Å². The maximum absolute atomic E-state index is 12.3. The second-order valence-corrected chi connectivity index (χ2v) is 5.06. The highest BCUT2D eigenvalue weighted by atomic mass is 35.5. The van der Waals surface area contributed by atoms with Gasteiger partial charge in [0.2, 0.25) is 0 Å². The monoisotopic (exact) mass is 289 g/mol. The van der Waals surface area contributed by atoms with E-state index in [1.807, 2.05) is 6.92 Å². The molecule has 0 bridgehead atoms. The lowest BCUT2D eigenvalue weighted by molar-refractivity contribution is 0.0992. The molecule has 2 aromatic rings. The molecular formula is C16H16ClNO2. The number of rotatable bonds is 4. The number of halogens is 1. The van der Waals surface area contributed by atoms with Crippen LogP contribution in [0.1, 0.15) is 21.5 Å². The first-order valence-corrected chi connectivity index (χ1v) is 6.61. The number of ketones is 1. The lowest BCUT2D eigenvalue weighted by Gasteiger charge is -2.09. The van der Waals surface area contributed by atoms with E-state index in [-0.39, 0.29) is 12.2 Å². The maximum Gasteiger partial charge on any atom is 0.167 e. The van der Waals surface area contributed by atoms with Gasteiger partial charge in [0.25, 0.3) is 0 Å². The van der Waals surface area contributed by atoms with Gasteiger partial charge >= 0.3 is 0 Å². The zero-order chi connectivity index (χ0) is 14.7. The van der Waals surface area contributed by atoms with E-state index in [9.17, 15) is 4.79 Å². The second-order valence-electron chi connectivity index (χ2n) is 4.63. The summed E-state index contributed by atoms with van der Waals surface area (Å²) < 4.78 is 5.25. The van der Waals surface area contributed by atoms with Crippen LogP contribution in [0.25, 0.3) is 0 Å². The Hall–Kier alpha value is -2.00. The maximum atomic E-state index is 12.3. The third kappa shape index (κ3) is 3.11. The summed E-state index contributed by atoms with van der Waals surface area (Å²) in [5.41, 5.74) is 8.75. The smallest absolute Gasteiger partial charge is 0.167 e. The Labute approximate surface area is 123 Å². The standard InChI is InChI=1S/C16H16ClNO2/c1-10-7-11(3-5-14(10)18)15(19)9-12-8-13(17)4-6-16(12)20-2/h3-8H,9,18H2,1-2H3. The number of hydrogen-bond acceptors (Lipinski definition) is 3. The first-order chi connectivity index (χ1) is 9.51. The minimum absolute atomic E-state index is 0.00802. The summed E-state index contributed by atoms with van der Waals surface area (Å²) >= 11 is 5.97. The average molecular weight is 290 g/mol. The molecule has 2 aromatic carbocycles. The van der Waals surface area contributed by atoms with E-state index in [0.29, 0.717) is 22.0 Å². The second kappa shape index (κ2) is 5.97. The molecule has 0 amide bonds. The molecule has 0 fully saturated rings. The first kappa shape index (κ1) is 14.4. The predicted molar refractivity (Wildman–Crippen MR) is 81.6 cm³/mol. The van der Waals surface area contributed by atoms with E-state index in [1.54, 1.807) is 43.5 Å². The molecule has 4 heteroatoms. The normalized spacial score (nSPS) is 10.3. The Morgan fingerprint density at radius 3 is 2.65 bits per heavy atom. The topological polar surface area (TPSA) is 52.3 Å². The van der Waals surface area contributed by atoms with E-state index in [4.69, 9.17) is 22.1 Å². The van der Waals surface area contributed by atoms with Gasteiger partial charge in [-0.1, -0.05) is 11.6 Å². The van der Waals surface area contributed by atoms with Crippen molar-refractivity contribution in [3.63, 3.8) is 0 Å². The fourth-order valence-corrected chi connectivity index (χ4v) is 2.20. The molecule has 0 radical (unpaired) electrons.